The predicted octanol–water partition coefficient (Wildman–Crippen LogP) is 2.00. The van der Waals surface area contributed by atoms with Gasteiger partial charge in [-0.2, -0.15) is 9.97 Å². The Morgan fingerprint density at radius 2 is 1.94 bits per heavy atom. The second-order valence-corrected chi connectivity index (χ2v) is 9.44. The van der Waals surface area contributed by atoms with Gasteiger partial charge in [-0.15, -0.1) is 21.5 Å². The zero-order chi connectivity index (χ0) is 25.1. The number of carbonyl (C=O) groups excluding carboxylic acids is 1. The molecule has 3 aromatic heterocycles. The average molecular weight is 511 g/mol. The molecule has 36 heavy (non-hydrogen) atoms. The molecule has 0 radical (unpaired) electrons. The minimum Gasteiger partial charge on any atom is -0.461 e. The lowest BCUT2D eigenvalue weighted by Crippen LogP contribution is -2.49. The van der Waals surface area contributed by atoms with Crippen LogP contribution in [0.5, 0.6) is 6.01 Å². The topological polar surface area (TPSA) is 138 Å². The van der Waals surface area contributed by atoms with Crippen LogP contribution in [0.25, 0.3) is 21.7 Å². The number of aryl methyl sites for hydroxylation is 1. The summed E-state index contributed by atoms with van der Waals surface area (Å²) in [6, 6.07) is 11.6. The van der Waals surface area contributed by atoms with E-state index in [0.717, 1.165) is 28.0 Å². The average Bonchev–Trinajstić information content (AvgIpc) is 3.59. The molecule has 1 fully saturated rings. The fourth-order valence-corrected chi connectivity index (χ4v) is 4.86. The smallest absolute Gasteiger partial charge is 0.319 e. The van der Waals surface area contributed by atoms with Gasteiger partial charge in [-0.25, -0.2) is 0 Å². The molecule has 1 aliphatic heterocycles. The molecule has 0 spiro atoms. The van der Waals surface area contributed by atoms with E-state index in [4.69, 9.17) is 14.3 Å². The fraction of sp³-hybridized carbons (Fsp3) is 0.375. The van der Waals surface area contributed by atoms with Crippen molar-refractivity contribution in [2.75, 3.05) is 44.3 Å². The van der Waals surface area contributed by atoms with Crippen LogP contribution in [0.3, 0.4) is 0 Å². The van der Waals surface area contributed by atoms with Crippen molar-refractivity contribution in [1.82, 2.24) is 25.1 Å². The highest BCUT2D eigenvalue weighted by Gasteiger charge is 2.28. The summed E-state index contributed by atoms with van der Waals surface area (Å²) in [5.74, 6) is 0.697. The van der Waals surface area contributed by atoms with Crippen molar-refractivity contribution < 1.29 is 24.2 Å². The number of aliphatic hydroxyl groups excluding tert-OH is 2. The molecule has 1 aliphatic rings. The Labute approximate surface area is 211 Å². The first kappa shape index (κ1) is 24.1. The van der Waals surface area contributed by atoms with Gasteiger partial charge in [0.05, 0.1) is 12.0 Å². The largest absolute Gasteiger partial charge is 0.461 e. The van der Waals surface area contributed by atoms with E-state index < -0.39 is 12.7 Å². The molecule has 4 aromatic rings. The van der Waals surface area contributed by atoms with Crippen LogP contribution in [0.15, 0.2) is 40.8 Å². The standard InChI is InChI=1S/C24H26N6O5S/c1-2-17-12-18-19(25-24(26-22(18)36-17)34-14-16(32)13-31)29-8-10-30(11-9-29)23(33)21-28-27-20(35-21)15-6-4-3-5-7-15/h3-7,12,16,31-32H,2,8-11,13-14H2,1H3/t16-/m1/s1. The zero-order valence-corrected chi connectivity index (χ0v) is 20.5. The first-order valence-electron chi connectivity index (χ1n) is 11.7. The number of aromatic nitrogens is 4. The zero-order valence-electron chi connectivity index (χ0n) is 19.7. The summed E-state index contributed by atoms with van der Waals surface area (Å²) in [4.78, 5) is 27.8. The number of hydrogen-bond donors (Lipinski definition) is 2. The maximum absolute atomic E-state index is 13.0. The van der Waals surface area contributed by atoms with E-state index >= 15 is 0 Å². The molecule has 1 saturated heterocycles. The lowest BCUT2D eigenvalue weighted by molar-refractivity contribution is 0.0506. The molecule has 0 bridgehead atoms. The molecular weight excluding hydrogens is 484 g/mol. The van der Waals surface area contributed by atoms with Crippen LogP contribution in [-0.2, 0) is 6.42 Å². The maximum Gasteiger partial charge on any atom is 0.319 e. The van der Waals surface area contributed by atoms with Crippen LogP contribution in [0.1, 0.15) is 22.5 Å². The minimum absolute atomic E-state index is 0.0321. The van der Waals surface area contributed by atoms with Crippen LogP contribution in [-0.4, -0.2) is 86.7 Å². The van der Waals surface area contributed by atoms with Crippen molar-refractivity contribution >= 4 is 33.3 Å². The third-order valence-corrected chi connectivity index (χ3v) is 7.04. The van der Waals surface area contributed by atoms with Crippen molar-refractivity contribution in [2.45, 2.75) is 19.4 Å². The number of nitrogens with zero attached hydrogens (tertiary/aromatic N) is 6. The molecule has 1 atom stereocenters. The number of thiophene rings is 1. The van der Waals surface area contributed by atoms with Gasteiger partial charge in [0.2, 0.25) is 5.89 Å². The molecule has 0 saturated carbocycles. The van der Waals surface area contributed by atoms with Gasteiger partial charge in [0.1, 0.15) is 23.4 Å². The molecule has 0 aliphatic carbocycles. The quantitative estimate of drug-likeness (QED) is 0.362. The second-order valence-electron chi connectivity index (χ2n) is 8.32. The fourth-order valence-electron chi connectivity index (χ4n) is 3.90. The van der Waals surface area contributed by atoms with Crippen LogP contribution >= 0.6 is 11.3 Å². The summed E-state index contributed by atoms with van der Waals surface area (Å²) in [6.07, 6.45) is -0.138. The Morgan fingerprint density at radius 1 is 1.17 bits per heavy atom. The Kier molecular flexibility index (Phi) is 7.07. The van der Waals surface area contributed by atoms with Gasteiger partial charge in [-0.05, 0) is 24.6 Å². The summed E-state index contributed by atoms with van der Waals surface area (Å²) in [6.45, 7) is 3.58. The van der Waals surface area contributed by atoms with Crippen LogP contribution in [0, 0.1) is 0 Å². The first-order chi connectivity index (χ1) is 17.6. The van der Waals surface area contributed by atoms with E-state index in [1.165, 1.54) is 4.88 Å². The molecule has 1 aromatic carbocycles. The predicted molar refractivity (Wildman–Crippen MR) is 133 cm³/mol. The lowest BCUT2D eigenvalue weighted by Gasteiger charge is -2.35. The van der Waals surface area contributed by atoms with Crippen molar-refractivity contribution in [3.05, 3.63) is 47.2 Å². The van der Waals surface area contributed by atoms with Gasteiger partial charge >= 0.3 is 17.8 Å². The van der Waals surface area contributed by atoms with Crippen LogP contribution in [0.4, 0.5) is 5.82 Å². The Hall–Kier alpha value is -3.61. The molecule has 188 valence electrons. The molecule has 11 nitrogen and oxygen atoms in total. The number of piperazine rings is 1. The highest BCUT2D eigenvalue weighted by molar-refractivity contribution is 7.18. The molecular formula is C24H26N6O5S. The highest BCUT2D eigenvalue weighted by atomic mass is 32.1. The number of rotatable bonds is 8. The molecule has 5 rings (SSSR count). The van der Waals surface area contributed by atoms with Crippen molar-refractivity contribution in [3.8, 4) is 17.5 Å². The van der Waals surface area contributed by atoms with Gasteiger partial charge in [-0.3, -0.25) is 4.79 Å². The number of carbonyl (C=O) groups is 1. The van der Waals surface area contributed by atoms with E-state index in [0.29, 0.717) is 32.1 Å². The van der Waals surface area contributed by atoms with Crippen molar-refractivity contribution in [2.24, 2.45) is 0 Å². The Morgan fingerprint density at radius 3 is 2.67 bits per heavy atom. The SMILES string of the molecule is CCc1cc2c(N3CCN(C(=O)c4nnc(-c5ccccc5)o4)CC3)nc(OC[C@H](O)CO)nc2s1. The van der Waals surface area contributed by atoms with Crippen molar-refractivity contribution in [3.63, 3.8) is 0 Å². The summed E-state index contributed by atoms with van der Waals surface area (Å²) in [5, 5.41) is 27.6. The monoisotopic (exact) mass is 510 g/mol. The van der Waals surface area contributed by atoms with Gasteiger partial charge < -0.3 is 29.2 Å². The second kappa shape index (κ2) is 10.6. The summed E-state index contributed by atoms with van der Waals surface area (Å²) in [7, 11) is 0. The van der Waals surface area contributed by atoms with E-state index in [9.17, 15) is 9.90 Å². The highest BCUT2D eigenvalue weighted by Crippen LogP contribution is 2.33. The lowest BCUT2D eigenvalue weighted by atomic mass is 10.2. The normalized spacial score (nSPS) is 14.9. The first-order valence-corrected chi connectivity index (χ1v) is 12.5. The summed E-state index contributed by atoms with van der Waals surface area (Å²) in [5.41, 5.74) is 0.758. The number of hydrogen-bond acceptors (Lipinski definition) is 11. The third-order valence-electron chi connectivity index (χ3n) is 5.86. The number of fused-ring (bicyclic) bond motifs is 1. The van der Waals surface area contributed by atoms with Crippen LogP contribution in [0.2, 0.25) is 0 Å². The maximum atomic E-state index is 13.0. The Balaban J connectivity index is 1.31. The minimum atomic E-state index is -1.01. The van der Waals surface area contributed by atoms with Gasteiger partial charge in [0.25, 0.3) is 0 Å². The van der Waals surface area contributed by atoms with Gasteiger partial charge in [0.15, 0.2) is 0 Å². The van der Waals surface area contributed by atoms with Crippen LogP contribution < -0.4 is 9.64 Å². The van der Waals surface area contributed by atoms with E-state index in [1.807, 2.05) is 30.3 Å². The number of aliphatic hydroxyl groups is 2. The van der Waals surface area contributed by atoms with Gasteiger partial charge in [-0.1, -0.05) is 25.1 Å². The molecule has 2 N–H and O–H groups in total. The Bertz CT molecular complexity index is 1340. The van der Waals surface area contributed by atoms with Gasteiger partial charge in [0, 0.05) is 36.6 Å². The molecule has 12 heteroatoms. The summed E-state index contributed by atoms with van der Waals surface area (Å²) < 4.78 is 11.2. The summed E-state index contributed by atoms with van der Waals surface area (Å²) >= 11 is 1.57. The molecule has 0 unspecified atom stereocenters. The number of benzene rings is 1. The van der Waals surface area contributed by atoms with E-state index in [-0.39, 0.29) is 24.4 Å². The number of amides is 1. The van der Waals surface area contributed by atoms with E-state index in [1.54, 1.807) is 16.2 Å². The third kappa shape index (κ3) is 5.01. The van der Waals surface area contributed by atoms with Crippen molar-refractivity contribution in [1.29, 1.82) is 0 Å². The molecule has 4 heterocycles. The molecule has 1 amide bonds. The van der Waals surface area contributed by atoms with E-state index in [2.05, 4.69) is 38.1 Å². The number of anilines is 1. The number of ether oxygens (including phenoxy) is 1.